The van der Waals surface area contributed by atoms with Crippen LogP contribution >= 0.6 is 0 Å². The minimum absolute atomic E-state index is 0.0723. The fourth-order valence-electron chi connectivity index (χ4n) is 2.90. The van der Waals surface area contributed by atoms with Gasteiger partial charge >= 0.3 is 0 Å². The fourth-order valence-corrected chi connectivity index (χ4v) is 2.90. The lowest BCUT2D eigenvalue weighted by atomic mass is 9.93. The van der Waals surface area contributed by atoms with E-state index in [9.17, 15) is 9.59 Å². The lowest BCUT2D eigenvalue weighted by Gasteiger charge is -2.32. The van der Waals surface area contributed by atoms with Gasteiger partial charge in [-0.05, 0) is 17.2 Å². The summed E-state index contributed by atoms with van der Waals surface area (Å²) in [6.45, 7) is 2.71. The van der Waals surface area contributed by atoms with Crippen molar-refractivity contribution in [2.24, 2.45) is 0 Å². The number of aromatic nitrogens is 2. The standard InChI is InChI=1S/C18H20N4O2/c1-14(23)22-9-6-15-4-2-3-5-16(15)17(22)12-18(24)20-8-11-21-10-7-19-13-21/h2-7,9-10,13,17H,8,11-12H2,1H3,(H,20,24)/t17-/m1/s1. The van der Waals surface area contributed by atoms with Gasteiger partial charge in [-0.25, -0.2) is 4.98 Å². The maximum Gasteiger partial charge on any atom is 0.223 e. The van der Waals surface area contributed by atoms with Gasteiger partial charge in [0.15, 0.2) is 0 Å². The molecule has 1 aromatic carbocycles. The molecule has 1 atom stereocenters. The number of amides is 2. The minimum Gasteiger partial charge on any atom is -0.354 e. The van der Waals surface area contributed by atoms with E-state index in [0.717, 1.165) is 11.1 Å². The molecule has 0 saturated carbocycles. The average molecular weight is 324 g/mol. The molecule has 124 valence electrons. The molecule has 0 radical (unpaired) electrons. The molecule has 2 amide bonds. The third-order valence-corrected chi connectivity index (χ3v) is 4.10. The van der Waals surface area contributed by atoms with Crippen molar-refractivity contribution in [2.75, 3.05) is 6.54 Å². The Morgan fingerprint density at radius 2 is 2.12 bits per heavy atom. The van der Waals surface area contributed by atoms with Crippen molar-refractivity contribution in [3.05, 3.63) is 60.3 Å². The summed E-state index contributed by atoms with van der Waals surface area (Å²) in [6.07, 6.45) is 9.18. The van der Waals surface area contributed by atoms with E-state index < -0.39 is 0 Å². The Morgan fingerprint density at radius 3 is 2.88 bits per heavy atom. The van der Waals surface area contributed by atoms with E-state index in [1.807, 2.05) is 41.1 Å². The summed E-state index contributed by atoms with van der Waals surface area (Å²) in [6, 6.07) is 7.58. The molecule has 0 spiro atoms. The number of nitrogens with zero attached hydrogens (tertiary/aromatic N) is 3. The van der Waals surface area contributed by atoms with Gasteiger partial charge in [0.05, 0.1) is 18.8 Å². The van der Waals surface area contributed by atoms with Gasteiger partial charge in [0, 0.05) is 38.6 Å². The second-order valence-electron chi connectivity index (χ2n) is 5.74. The molecule has 0 aliphatic carbocycles. The van der Waals surface area contributed by atoms with Crippen molar-refractivity contribution in [3.63, 3.8) is 0 Å². The van der Waals surface area contributed by atoms with Crippen LogP contribution in [-0.4, -0.2) is 32.8 Å². The number of carbonyl (C=O) groups is 2. The highest BCUT2D eigenvalue weighted by Gasteiger charge is 2.27. The summed E-state index contributed by atoms with van der Waals surface area (Å²) in [5.41, 5.74) is 2.05. The number of hydrogen-bond donors (Lipinski definition) is 1. The number of hydrogen-bond acceptors (Lipinski definition) is 3. The highest BCUT2D eigenvalue weighted by atomic mass is 16.2. The summed E-state index contributed by atoms with van der Waals surface area (Å²) in [5, 5.41) is 2.91. The van der Waals surface area contributed by atoms with E-state index >= 15 is 0 Å². The molecule has 24 heavy (non-hydrogen) atoms. The number of benzene rings is 1. The number of rotatable bonds is 5. The zero-order valence-electron chi connectivity index (χ0n) is 13.6. The van der Waals surface area contributed by atoms with Gasteiger partial charge in [-0.15, -0.1) is 0 Å². The molecule has 0 saturated heterocycles. The Labute approximate surface area is 140 Å². The van der Waals surface area contributed by atoms with Gasteiger partial charge in [0.2, 0.25) is 11.8 Å². The van der Waals surface area contributed by atoms with E-state index in [1.54, 1.807) is 23.6 Å². The molecular formula is C18H20N4O2. The predicted molar refractivity (Wildman–Crippen MR) is 90.6 cm³/mol. The number of nitrogens with one attached hydrogen (secondary N) is 1. The molecule has 3 rings (SSSR count). The van der Waals surface area contributed by atoms with Crippen LogP contribution in [0.1, 0.15) is 30.5 Å². The van der Waals surface area contributed by atoms with Crippen LogP contribution in [0, 0.1) is 0 Å². The lowest BCUT2D eigenvalue weighted by Crippen LogP contribution is -2.36. The molecule has 1 N–H and O–H groups in total. The summed E-state index contributed by atoms with van der Waals surface area (Å²) in [7, 11) is 0. The van der Waals surface area contributed by atoms with Crippen molar-refractivity contribution in [1.29, 1.82) is 0 Å². The molecule has 1 aliphatic heterocycles. The molecular weight excluding hydrogens is 304 g/mol. The summed E-state index contributed by atoms with van der Waals surface area (Å²) >= 11 is 0. The van der Waals surface area contributed by atoms with Crippen molar-refractivity contribution in [3.8, 4) is 0 Å². The predicted octanol–water partition coefficient (Wildman–Crippen LogP) is 1.96. The molecule has 0 fully saturated rings. The number of imidazole rings is 1. The molecule has 6 heteroatoms. The van der Waals surface area contributed by atoms with Crippen molar-refractivity contribution >= 4 is 17.9 Å². The molecule has 6 nitrogen and oxygen atoms in total. The van der Waals surface area contributed by atoms with Gasteiger partial charge in [0.1, 0.15) is 0 Å². The second-order valence-corrected chi connectivity index (χ2v) is 5.74. The van der Waals surface area contributed by atoms with E-state index in [2.05, 4.69) is 10.3 Å². The summed E-state index contributed by atoms with van der Waals surface area (Å²) in [4.78, 5) is 29.8. The highest BCUT2D eigenvalue weighted by molar-refractivity contribution is 5.81. The molecule has 0 bridgehead atoms. The van der Waals surface area contributed by atoms with Crippen LogP contribution in [0.25, 0.3) is 6.08 Å². The fraction of sp³-hybridized carbons (Fsp3) is 0.278. The Kier molecular flexibility index (Phi) is 4.74. The van der Waals surface area contributed by atoms with E-state index in [4.69, 9.17) is 0 Å². The quantitative estimate of drug-likeness (QED) is 0.914. The van der Waals surface area contributed by atoms with Crippen LogP contribution in [0.4, 0.5) is 0 Å². The topological polar surface area (TPSA) is 67.2 Å². The van der Waals surface area contributed by atoms with Gasteiger partial charge in [-0.3, -0.25) is 9.59 Å². The molecule has 1 aromatic heterocycles. The van der Waals surface area contributed by atoms with Crippen molar-refractivity contribution in [1.82, 2.24) is 19.8 Å². The molecule has 2 aromatic rings. The Morgan fingerprint density at radius 1 is 1.29 bits per heavy atom. The normalized spacial score (nSPS) is 15.9. The van der Waals surface area contributed by atoms with Gasteiger partial charge < -0.3 is 14.8 Å². The van der Waals surface area contributed by atoms with Crippen LogP contribution in [0.2, 0.25) is 0 Å². The SMILES string of the molecule is CC(=O)N1C=Cc2ccccc2[C@H]1CC(=O)NCCn1ccnc1. The molecule has 1 aliphatic rings. The lowest BCUT2D eigenvalue weighted by molar-refractivity contribution is -0.129. The molecule has 2 heterocycles. The Bertz CT molecular complexity index is 752. The van der Waals surface area contributed by atoms with Gasteiger partial charge in [0.25, 0.3) is 0 Å². The van der Waals surface area contributed by atoms with Crippen LogP contribution < -0.4 is 5.32 Å². The summed E-state index contributed by atoms with van der Waals surface area (Å²) in [5.74, 6) is -0.145. The number of carbonyl (C=O) groups excluding carboxylic acids is 2. The van der Waals surface area contributed by atoms with Crippen LogP contribution in [-0.2, 0) is 16.1 Å². The Balaban J connectivity index is 1.65. The first-order chi connectivity index (χ1) is 11.6. The maximum atomic E-state index is 12.3. The van der Waals surface area contributed by atoms with Crippen molar-refractivity contribution < 1.29 is 9.59 Å². The maximum absolute atomic E-state index is 12.3. The largest absolute Gasteiger partial charge is 0.354 e. The zero-order valence-corrected chi connectivity index (χ0v) is 13.6. The first-order valence-corrected chi connectivity index (χ1v) is 7.93. The van der Waals surface area contributed by atoms with E-state index in [0.29, 0.717) is 13.1 Å². The smallest absolute Gasteiger partial charge is 0.223 e. The second kappa shape index (κ2) is 7.12. The average Bonchev–Trinajstić information content (AvgIpc) is 3.08. The van der Waals surface area contributed by atoms with Crippen LogP contribution in [0.3, 0.4) is 0 Å². The van der Waals surface area contributed by atoms with Crippen LogP contribution in [0.5, 0.6) is 0 Å². The number of fused-ring (bicyclic) bond motifs is 1. The molecule has 0 unspecified atom stereocenters. The summed E-state index contributed by atoms with van der Waals surface area (Å²) < 4.78 is 1.90. The third kappa shape index (κ3) is 3.53. The van der Waals surface area contributed by atoms with Gasteiger partial charge in [-0.2, -0.15) is 0 Å². The highest BCUT2D eigenvalue weighted by Crippen LogP contribution is 2.32. The minimum atomic E-state index is -0.267. The first-order valence-electron chi connectivity index (χ1n) is 7.93. The van der Waals surface area contributed by atoms with E-state index in [1.165, 1.54) is 6.92 Å². The Hall–Kier alpha value is -2.89. The monoisotopic (exact) mass is 324 g/mol. The van der Waals surface area contributed by atoms with E-state index in [-0.39, 0.29) is 24.3 Å². The van der Waals surface area contributed by atoms with Crippen LogP contribution in [0.15, 0.2) is 49.2 Å². The third-order valence-electron chi connectivity index (χ3n) is 4.10. The van der Waals surface area contributed by atoms with Gasteiger partial charge in [-0.1, -0.05) is 24.3 Å². The van der Waals surface area contributed by atoms with Crippen molar-refractivity contribution in [2.45, 2.75) is 25.9 Å². The zero-order chi connectivity index (χ0) is 16.9. The first kappa shape index (κ1) is 16.0.